The van der Waals surface area contributed by atoms with Crippen LogP contribution in [-0.4, -0.2) is 74.1 Å². The van der Waals surface area contributed by atoms with Crippen molar-refractivity contribution >= 4 is 37.5 Å². The van der Waals surface area contributed by atoms with Crippen LogP contribution in [0.4, 0.5) is 5.69 Å². The summed E-state index contributed by atoms with van der Waals surface area (Å²) in [6.07, 6.45) is 0.0765. The molecule has 0 fully saturated rings. The maximum atomic E-state index is 13.8. The second-order valence-electron chi connectivity index (χ2n) is 14.6. The number of amides is 2. The molecular weight excluding hydrogens is 669 g/mol. The zero-order valence-electron chi connectivity index (χ0n) is 32.0. The zero-order chi connectivity index (χ0) is 37.8. The highest BCUT2D eigenvalue weighted by Gasteiger charge is 2.29. The van der Waals surface area contributed by atoms with Gasteiger partial charge in [-0.3, -0.25) is 9.59 Å². The highest BCUT2D eigenvalue weighted by Crippen LogP contribution is 2.44. The van der Waals surface area contributed by atoms with Crippen LogP contribution >= 0.6 is 8.60 Å². The summed E-state index contributed by atoms with van der Waals surface area (Å²) in [6.45, 7) is 20.5. The molecule has 51 heavy (non-hydrogen) atoms. The number of carbonyl (C=O) groups is 2. The van der Waals surface area contributed by atoms with Crippen molar-refractivity contribution in [2.45, 2.75) is 99.5 Å². The smallest absolute Gasteiger partial charge is 0.333 e. The molecule has 0 radical (unpaired) electrons. The summed E-state index contributed by atoms with van der Waals surface area (Å²) in [4.78, 5) is 28.3. The van der Waals surface area contributed by atoms with Crippen LogP contribution in [0.1, 0.15) is 91.8 Å². The molecular formula is C38H60N5O7P. The van der Waals surface area contributed by atoms with E-state index in [4.69, 9.17) is 34.6 Å². The number of nitrogens with one attached hydrogen (secondary N) is 1. The van der Waals surface area contributed by atoms with Gasteiger partial charge in [-0.1, -0.05) is 56.3 Å². The van der Waals surface area contributed by atoms with Gasteiger partial charge in [-0.25, -0.2) is 5.84 Å². The fraction of sp³-hybridized carbons (Fsp3) is 0.579. The second-order valence-corrected chi connectivity index (χ2v) is 15.8. The highest BCUT2D eigenvalue weighted by molar-refractivity contribution is 7.41. The molecule has 1 heterocycles. The Morgan fingerprint density at radius 1 is 0.922 bits per heavy atom. The number of anilines is 1. The number of hydrogen-bond donors (Lipinski definition) is 3. The van der Waals surface area contributed by atoms with Crippen molar-refractivity contribution in [3.8, 4) is 0 Å². The average Bonchev–Trinajstić information content (AvgIpc) is 3.06. The fourth-order valence-electron chi connectivity index (χ4n) is 5.32. The Bertz CT molecular complexity index is 1460. The maximum absolute atomic E-state index is 13.8. The molecule has 0 aliphatic carbocycles. The van der Waals surface area contributed by atoms with Gasteiger partial charge in [-0.15, -0.1) is 0 Å². The molecule has 2 aromatic rings. The van der Waals surface area contributed by atoms with Crippen molar-refractivity contribution < 1.29 is 32.6 Å². The van der Waals surface area contributed by atoms with E-state index in [0.29, 0.717) is 63.1 Å². The lowest BCUT2D eigenvalue weighted by Crippen LogP contribution is -2.38. The highest BCUT2D eigenvalue weighted by atomic mass is 31.2. The van der Waals surface area contributed by atoms with Gasteiger partial charge < -0.3 is 44.0 Å². The van der Waals surface area contributed by atoms with Crippen LogP contribution in [-0.2, 0) is 39.2 Å². The molecule has 0 unspecified atom stereocenters. The normalized spacial score (nSPS) is 15.1. The minimum atomic E-state index is -1.44. The standard InChI is InChI=1S/C38H60N5O7P/c1-10-43(40)36-31-17-13-14-18-32(31)42(23-29-15-11-12-16-30(29)35(36)39)34(45)20-19-33(44)41-21-22-47-38(8,9)26-46-24-37(6,7)25-48-51(49-27(2)3)50-28(4)5/h11-18,27-28H,10,19-26,39-40H2,1-9H3,(H,41,44)/b36-35-. The van der Waals surface area contributed by atoms with Crippen LogP contribution in [0.5, 0.6) is 0 Å². The molecule has 5 N–H and O–H groups in total. The predicted octanol–water partition coefficient (Wildman–Crippen LogP) is 6.34. The van der Waals surface area contributed by atoms with E-state index in [1.54, 1.807) is 9.91 Å². The Morgan fingerprint density at radius 3 is 2.20 bits per heavy atom. The Morgan fingerprint density at radius 2 is 1.55 bits per heavy atom. The van der Waals surface area contributed by atoms with E-state index in [-0.39, 0.29) is 42.3 Å². The third-order valence-corrected chi connectivity index (χ3v) is 9.38. The molecule has 0 atom stereocenters. The first-order valence-corrected chi connectivity index (χ1v) is 18.9. The van der Waals surface area contributed by atoms with Gasteiger partial charge in [0.1, 0.15) is 0 Å². The van der Waals surface area contributed by atoms with Crippen LogP contribution in [0.25, 0.3) is 11.4 Å². The monoisotopic (exact) mass is 729 g/mol. The van der Waals surface area contributed by atoms with E-state index in [1.807, 2.05) is 97.0 Å². The summed E-state index contributed by atoms with van der Waals surface area (Å²) in [5.74, 6) is 6.03. The van der Waals surface area contributed by atoms with Crippen LogP contribution in [0.3, 0.4) is 0 Å². The molecule has 13 heteroatoms. The molecule has 12 nitrogen and oxygen atoms in total. The predicted molar refractivity (Wildman–Crippen MR) is 204 cm³/mol. The molecule has 0 saturated heterocycles. The van der Waals surface area contributed by atoms with Crippen LogP contribution < -0.4 is 21.8 Å². The number of ether oxygens (including phenoxy) is 2. The molecule has 0 spiro atoms. The van der Waals surface area contributed by atoms with Gasteiger partial charge in [0, 0.05) is 42.5 Å². The Hall–Kier alpha value is -3.09. The number of fused-ring (bicyclic) bond motifs is 2. The largest absolute Gasteiger partial charge is 0.396 e. The van der Waals surface area contributed by atoms with Gasteiger partial charge in [0.05, 0.1) is 67.9 Å². The summed E-state index contributed by atoms with van der Waals surface area (Å²) in [6, 6.07) is 15.3. The van der Waals surface area contributed by atoms with Crippen molar-refractivity contribution in [3.05, 3.63) is 65.2 Å². The summed E-state index contributed by atoms with van der Waals surface area (Å²) in [5.41, 5.74) is 10.2. The number of para-hydroxylation sites is 1. The molecule has 0 aromatic heterocycles. The number of rotatable bonds is 20. The third-order valence-electron chi connectivity index (χ3n) is 7.85. The Balaban J connectivity index is 1.49. The molecule has 2 amide bonds. The molecule has 1 aliphatic rings. The second kappa shape index (κ2) is 19.7. The minimum absolute atomic E-state index is 0.00156. The number of carbonyl (C=O) groups excluding carboxylic acids is 2. The number of nitrogens with two attached hydrogens (primary N) is 2. The summed E-state index contributed by atoms with van der Waals surface area (Å²) < 4.78 is 29.6. The molecule has 0 saturated carbocycles. The SMILES string of the molecule is CCN(N)/C1=C(\N)c2ccccc2CN(C(=O)CCC(=O)NCCOC(C)(C)COCC(C)(C)COP(OC(C)C)OC(C)C)c2ccccc21. The van der Waals surface area contributed by atoms with Crippen molar-refractivity contribution in [3.63, 3.8) is 0 Å². The third kappa shape index (κ3) is 13.4. The van der Waals surface area contributed by atoms with Crippen molar-refractivity contribution in [2.75, 3.05) is 44.4 Å². The van der Waals surface area contributed by atoms with E-state index in [0.717, 1.165) is 16.7 Å². The number of nitrogens with zero attached hydrogens (tertiary/aromatic N) is 2. The molecule has 284 valence electrons. The van der Waals surface area contributed by atoms with Crippen LogP contribution in [0, 0.1) is 5.41 Å². The lowest BCUT2D eigenvalue weighted by atomic mass is 9.95. The van der Waals surface area contributed by atoms with E-state index in [9.17, 15) is 9.59 Å². The first kappa shape index (κ1) is 42.3. The molecule has 2 aromatic carbocycles. The molecule has 3 rings (SSSR count). The van der Waals surface area contributed by atoms with Crippen molar-refractivity contribution in [1.82, 2.24) is 10.3 Å². The summed E-state index contributed by atoms with van der Waals surface area (Å²) >= 11 is 0. The summed E-state index contributed by atoms with van der Waals surface area (Å²) in [5, 5.41) is 4.48. The van der Waals surface area contributed by atoms with E-state index in [2.05, 4.69) is 19.2 Å². The molecule has 1 aliphatic heterocycles. The minimum Gasteiger partial charge on any atom is -0.396 e. The maximum Gasteiger partial charge on any atom is 0.333 e. The van der Waals surface area contributed by atoms with Gasteiger partial charge in [0.25, 0.3) is 0 Å². The number of benzene rings is 2. The number of hydrogen-bond acceptors (Lipinski definition) is 10. The number of hydrazine groups is 1. The van der Waals surface area contributed by atoms with E-state index in [1.165, 1.54) is 0 Å². The van der Waals surface area contributed by atoms with Gasteiger partial charge in [-0.05, 0) is 60.1 Å². The quantitative estimate of drug-likeness (QED) is 0.0610. The first-order valence-electron chi connectivity index (χ1n) is 17.8. The van der Waals surface area contributed by atoms with Gasteiger partial charge in [0.2, 0.25) is 11.8 Å². The lowest BCUT2D eigenvalue weighted by molar-refractivity contribution is -0.126. The fourth-order valence-corrected chi connectivity index (χ4v) is 6.64. The van der Waals surface area contributed by atoms with Gasteiger partial charge in [-0.2, -0.15) is 0 Å². The lowest BCUT2D eigenvalue weighted by Gasteiger charge is -2.33. The average molecular weight is 730 g/mol. The van der Waals surface area contributed by atoms with E-state index >= 15 is 0 Å². The van der Waals surface area contributed by atoms with Gasteiger partial charge in [0.15, 0.2) is 0 Å². The van der Waals surface area contributed by atoms with Crippen LogP contribution in [0.15, 0.2) is 48.5 Å². The Kier molecular flexibility index (Phi) is 16.3. The van der Waals surface area contributed by atoms with Crippen LogP contribution in [0.2, 0.25) is 0 Å². The van der Waals surface area contributed by atoms with E-state index < -0.39 is 14.2 Å². The first-order chi connectivity index (χ1) is 24.0. The zero-order valence-corrected chi connectivity index (χ0v) is 32.9. The van der Waals surface area contributed by atoms with Crippen molar-refractivity contribution in [2.24, 2.45) is 17.0 Å². The van der Waals surface area contributed by atoms with Gasteiger partial charge >= 0.3 is 8.60 Å². The molecule has 0 bridgehead atoms. The topological polar surface area (TPSA) is 151 Å². The Labute approximate surface area is 306 Å². The van der Waals surface area contributed by atoms with Crippen molar-refractivity contribution in [1.29, 1.82) is 0 Å². The summed E-state index contributed by atoms with van der Waals surface area (Å²) in [7, 11) is -1.44.